The molecule has 0 bridgehead atoms. The van der Waals surface area contributed by atoms with Crippen molar-refractivity contribution in [2.24, 2.45) is 0 Å². The average Bonchev–Trinajstić information content (AvgIpc) is 2.60. The maximum absolute atomic E-state index is 12.0. The number of Topliss-reactive ketones (excluding diaryl/α,β-unsaturated/α-hetero) is 1. The van der Waals surface area contributed by atoms with Crippen molar-refractivity contribution in [1.82, 2.24) is 0 Å². The molecule has 0 heterocycles. The molecule has 1 unspecified atom stereocenters. The fourth-order valence-electron chi connectivity index (χ4n) is 2.63. The Hall–Kier alpha value is -3.26. The monoisotopic (exact) mass is 334 g/mol. The summed E-state index contributed by atoms with van der Waals surface area (Å²) in [4.78, 5) is 22.8. The molecule has 0 radical (unpaired) electrons. The second-order valence-electron chi connectivity index (χ2n) is 5.78. The lowest BCUT2D eigenvalue weighted by Crippen LogP contribution is -2.06. The van der Waals surface area contributed by atoms with Crippen molar-refractivity contribution in [2.75, 3.05) is 0 Å². The number of rotatable bonds is 6. The first-order chi connectivity index (χ1) is 11.9. The number of nitriles is 1. The lowest BCUT2D eigenvalue weighted by atomic mass is 9.89. The van der Waals surface area contributed by atoms with Crippen molar-refractivity contribution in [3.8, 4) is 6.07 Å². The van der Waals surface area contributed by atoms with Gasteiger partial charge in [-0.2, -0.15) is 5.26 Å². The number of para-hydroxylation sites is 1. The van der Waals surface area contributed by atoms with Gasteiger partial charge < -0.3 is 0 Å². The van der Waals surface area contributed by atoms with Crippen LogP contribution in [0.15, 0.2) is 54.1 Å². The van der Waals surface area contributed by atoms with E-state index in [-0.39, 0.29) is 17.9 Å². The van der Waals surface area contributed by atoms with Crippen LogP contribution in [-0.2, 0) is 4.79 Å². The molecule has 0 spiro atoms. The average molecular weight is 334 g/mol. The Morgan fingerprint density at radius 2 is 1.88 bits per heavy atom. The number of allylic oxidation sites excluding steroid dienone is 1. The molecule has 1 atom stereocenters. The first kappa shape index (κ1) is 18.1. The summed E-state index contributed by atoms with van der Waals surface area (Å²) in [5.41, 5.74) is 2.60. The van der Waals surface area contributed by atoms with Crippen LogP contribution in [0.5, 0.6) is 0 Å². The molecule has 0 aliphatic carbocycles. The number of hydrogen-bond acceptors (Lipinski definition) is 4. The fourth-order valence-corrected chi connectivity index (χ4v) is 2.63. The third kappa shape index (κ3) is 4.39. The third-order valence-corrected chi connectivity index (χ3v) is 4.06. The van der Waals surface area contributed by atoms with Gasteiger partial charge in [0.15, 0.2) is 5.78 Å². The minimum Gasteiger partial charge on any atom is -0.295 e. The van der Waals surface area contributed by atoms with Crippen LogP contribution in [0, 0.1) is 28.4 Å². The molecule has 2 aromatic rings. The van der Waals surface area contributed by atoms with E-state index in [9.17, 15) is 20.2 Å². The molecule has 0 aromatic heterocycles. The summed E-state index contributed by atoms with van der Waals surface area (Å²) in [6.45, 7) is 3.38. The summed E-state index contributed by atoms with van der Waals surface area (Å²) in [5.74, 6) is -0.914. The van der Waals surface area contributed by atoms with E-state index < -0.39 is 10.8 Å². The molecule has 126 valence electrons. The Kier molecular flexibility index (Phi) is 5.80. The highest BCUT2D eigenvalue weighted by atomic mass is 16.6. The lowest BCUT2D eigenvalue weighted by Gasteiger charge is -2.12. The second kappa shape index (κ2) is 8.02. The zero-order chi connectivity index (χ0) is 18.4. The van der Waals surface area contributed by atoms with Gasteiger partial charge in [-0.1, -0.05) is 42.5 Å². The molecule has 5 heteroatoms. The fraction of sp³-hybridized carbons (Fsp3) is 0.200. The molecule has 0 N–H and O–H groups in total. The zero-order valence-corrected chi connectivity index (χ0v) is 14.1. The quantitative estimate of drug-likeness (QED) is 0.440. The van der Waals surface area contributed by atoms with Crippen molar-refractivity contribution in [1.29, 1.82) is 5.26 Å². The molecule has 0 aliphatic rings. The number of carbonyl (C=O) groups excluding carboxylic acids is 1. The number of nitro groups is 1. The van der Waals surface area contributed by atoms with E-state index in [2.05, 4.69) is 6.07 Å². The van der Waals surface area contributed by atoms with Gasteiger partial charge in [0.2, 0.25) is 0 Å². The van der Waals surface area contributed by atoms with E-state index in [0.717, 1.165) is 11.1 Å². The highest BCUT2D eigenvalue weighted by Gasteiger charge is 2.23. The van der Waals surface area contributed by atoms with Gasteiger partial charge in [-0.25, -0.2) is 0 Å². The van der Waals surface area contributed by atoms with Gasteiger partial charge in [0.1, 0.15) is 0 Å². The minimum atomic E-state index is -0.763. The number of nitro benzene ring substituents is 1. The largest absolute Gasteiger partial charge is 0.295 e. The molecule has 2 aromatic carbocycles. The van der Waals surface area contributed by atoms with Crippen LogP contribution in [-0.4, -0.2) is 10.7 Å². The van der Waals surface area contributed by atoms with Gasteiger partial charge in [0, 0.05) is 11.6 Å². The molecule has 0 amide bonds. The molecule has 0 saturated carbocycles. The zero-order valence-electron chi connectivity index (χ0n) is 14.1. The molecule has 0 aliphatic heterocycles. The second-order valence-corrected chi connectivity index (χ2v) is 5.78. The molecule has 2 rings (SSSR count). The summed E-state index contributed by atoms with van der Waals surface area (Å²) < 4.78 is 0. The smallest absolute Gasteiger partial charge is 0.273 e. The van der Waals surface area contributed by atoms with Gasteiger partial charge in [-0.3, -0.25) is 14.9 Å². The van der Waals surface area contributed by atoms with Crippen molar-refractivity contribution in [3.63, 3.8) is 0 Å². The molecule has 0 saturated heterocycles. The van der Waals surface area contributed by atoms with E-state index in [4.69, 9.17) is 0 Å². The molecule has 0 fully saturated rings. The topological polar surface area (TPSA) is 84.0 Å². The normalized spacial score (nSPS) is 12.3. The summed E-state index contributed by atoms with van der Waals surface area (Å²) in [7, 11) is 0. The lowest BCUT2D eigenvalue weighted by molar-refractivity contribution is -0.385. The molecule has 5 nitrogen and oxygen atoms in total. The summed E-state index contributed by atoms with van der Waals surface area (Å²) in [6.07, 6.45) is 1.89. The van der Waals surface area contributed by atoms with Crippen LogP contribution in [0.1, 0.15) is 36.0 Å². The van der Waals surface area contributed by atoms with Crippen molar-refractivity contribution in [2.45, 2.75) is 26.2 Å². The Morgan fingerprint density at radius 3 is 2.48 bits per heavy atom. The summed E-state index contributed by atoms with van der Waals surface area (Å²) in [6, 6.07) is 15.9. The van der Waals surface area contributed by atoms with Crippen molar-refractivity contribution >= 4 is 17.5 Å². The molecule has 25 heavy (non-hydrogen) atoms. The molecular weight excluding hydrogens is 316 g/mol. The van der Waals surface area contributed by atoms with Gasteiger partial charge in [-0.15, -0.1) is 0 Å². The number of nitrogens with zero attached hydrogens (tertiary/aromatic N) is 2. The van der Waals surface area contributed by atoms with Gasteiger partial charge in [0.05, 0.1) is 16.9 Å². The highest BCUT2D eigenvalue weighted by Crippen LogP contribution is 2.31. The van der Waals surface area contributed by atoms with Crippen LogP contribution in [0.2, 0.25) is 0 Å². The minimum absolute atomic E-state index is 0.104. The van der Waals surface area contributed by atoms with Crippen LogP contribution < -0.4 is 0 Å². The number of hydrogen-bond donors (Lipinski definition) is 0. The summed E-state index contributed by atoms with van der Waals surface area (Å²) >= 11 is 0. The third-order valence-electron chi connectivity index (χ3n) is 4.06. The standard InChI is InChI=1S/C20H18N2O3/c1-14-7-3-4-8-16(14)11-17(15(2)23)12-18(13-21)19-9-5-6-10-20(19)22(24)25/h3-11,18H,12H2,1-2H3/b17-11+. The van der Waals surface area contributed by atoms with Crippen LogP contribution >= 0.6 is 0 Å². The van der Waals surface area contributed by atoms with E-state index in [1.807, 2.05) is 31.2 Å². The first-order valence-corrected chi connectivity index (χ1v) is 7.84. The maximum Gasteiger partial charge on any atom is 0.273 e. The number of aryl methyl sites for hydroxylation is 1. The number of carbonyl (C=O) groups is 1. The predicted molar refractivity (Wildman–Crippen MR) is 95.9 cm³/mol. The van der Waals surface area contributed by atoms with E-state index in [1.54, 1.807) is 24.3 Å². The Bertz CT molecular complexity index is 879. The Morgan fingerprint density at radius 1 is 1.24 bits per heavy atom. The van der Waals surface area contributed by atoms with Crippen molar-refractivity contribution < 1.29 is 9.72 Å². The number of benzene rings is 2. The van der Waals surface area contributed by atoms with E-state index in [1.165, 1.54) is 13.0 Å². The SMILES string of the molecule is CC(=O)/C(=C/c1ccccc1C)CC(C#N)c1ccccc1[N+](=O)[O-]. The molecular formula is C20H18N2O3. The van der Waals surface area contributed by atoms with Gasteiger partial charge in [-0.05, 0) is 43.0 Å². The summed E-state index contributed by atoms with van der Waals surface area (Å²) in [5, 5.41) is 20.7. The highest BCUT2D eigenvalue weighted by molar-refractivity contribution is 5.98. The maximum atomic E-state index is 12.0. The Labute approximate surface area is 146 Å². The van der Waals surface area contributed by atoms with Crippen molar-refractivity contribution in [3.05, 3.63) is 80.9 Å². The van der Waals surface area contributed by atoms with Crippen LogP contribution in [0.25, 0.3) is 6.08 Å². The van der Waals surface area contributed by atoms with Gasteiger partial charge in [0.25, 0.3) is 5.69 Å². The Balaban J connectivity index is 2.42. The first-order valence-electron chi connectivity index (χ1n) is 7.84. The number of ketones is 1. The van der Waals surface area contributed by atoms with Crippen LogP contribution in [0.3, 0.4) is 0 Å². The van der Waals surface area contributed by atoms with E-state index in [0.29, 0.717) is 11.1 Å². The van der Waals surface area contributed by atoms with Gasteiger partial charge >= 0.3 is 0 Å². The van der Waals surface area contributed by atoms with Crippen LogP contribution in [0.4, 0.5) is 5.69 Å². The van der Waals surface area contributed by atoms with E-state index >= 15 is 0 Å². The predicted octanol–water partition coefficient (Wildman–Crippen LogP) is 4.57.